The maximum Gasteiger partial charge on any atom is 0.0456 e. The number of H-pyrrole nitrogens is 1. The van der Waals surface area contributed by atoms with E-state index in [2.05, 4.69) is 4.98 Å². The summed E-state index contributed by atoms with van der Waals surface area (Å²) in [6.45, 7) is 4.07. The van der Waals surface area contributed by atoms with Crippen LogP contribution < -0.4 is 5.11 Å². The van der Waals surface area contributed by atoms with Gasteiger partial charge in [-0.2, -0.15) is 0 Å². The van der Waals surface area contributed by atoms with Crippen molar-refractivity contribution in [1.29, 1.82) is 0 Å². The van der Waals surface area contributed by atoms with Crippen LogP contribution >= 0.6 is 0 Å². The van der Waals surface area contributed by atoms with E-state index in [0.29, 0.717) is 0 Å². The largest absolute Gasteiger partial charge is 0.550 e. The van der Waals surface area contributed by atoms with E-state index in [1.54, 1.807) is 0 Å². The molecular weight excluding hydrogens is 214 g/mol. The Morgan fingerprint density at radius 3 is 2.71 bits per heavy atom. The first kappa shape index (κ1) is 11.7. The van der Waals surface area contributed by atoms with Crippen LogP contribution in [0.5, 0.6) is 0 Å². The van der Waals surface area contributed by atoms with Gasteiger partial charge >= 0.3 is 0 Å². The Morgan fingerprint density at radius 2 is 2.06 bits per heavy atom. The molecule has 1 N–H and O–H groups in total. The SMILES string of the molecule is CC(C)[C@H](CC(=O)[O-])c1c[nH]c2ccccc12. The summed E-state index contributed by atoms with van der Waals surface area (Å²) in [7, 11) is 0. The molecule has 0 saturated carbocycles. The van der Waals surface area contributed by atoms with Gasteiger partial charge in [0.1, 0.15) is 0 Å². The van der Waals surface area contributed by atoms with Crippen molar-refractivity contribution in [1.82, 2.24) is 4.98 Å². The van der Waals surface area contributed by atoms with E-state index in [1.165, 1.54) is 0 Å². The Kier molecular flexibility index (Phi) is 3.18. The molecule has 0 unspecified atom stereocenters. The first-order chi connectivity index (χ1) is 8.09. The molecule has 1 aromatic heterocycles. The van der Waals surface area contributed by atoms with Crippen molar-refractivity contribution in [2.45, 2.75) is 26.2 Å². The summed E-state index contributed by atoms with van der Waals surface area (Å²) in [4.78, 5) is 14.0. The fraction of sp³-hybridized carbons (Fsp3) is 0.357. The van der Waals surface area contributed by atoms with Crippen LogP contribution in [0.15, 0.2) is 30.5 Å². The molecule has 0 amide bonds. The highest BCUT2D eigenvalue weighted by molar-refractivity contribution is 5.84. The molecule has 0 radical (unpaired) electrons. The van der Waals surface area contributed by atoms with Crippen molar-refractivity contribution < 1.29 is 9.90 Å². The Morgan fingerprint density at radius 1 is 1.35 bits per heavy atom. The minimum atomic E-state index is -0.992. The number of hydrogen-bond donors (Lipinski definition) is 1. The third kappa shape index (κ3) is 2.33. The summed E-state index contributed by atoms with van der Waals surface area (Å²) in [5.74, 6) is -0.725. The van der Waals surface area contributed by atoms with E-state index in [4.69, 9.17) is 0 Å². The summed E-state index contributed by atoms with van der Waals surface area (Å²) >= 11 is 0. The lowest BCUT2D eigenvalue weighted by Crippen LogP contribution is -2.26. The van der Waals surface area contributed by atoms with Gasteiger partial charge in [-0.25, -0.2) is 0 Å². The molecule has 2 rings (SSSR count). The Labute approximate surface area is 100 Å². The van der Waals surface area contributed by atoms with Gasteiger partial charge in [0.25, 0.3) is 0 Å². The van der Waals surface area contributed by atoms with Crippen LogP contribution in [-0.2, 0) is 4.79 Å². The van der Waals surface area contributed by atoms with Crippen LogP contribution in [0, 0.1) is 5.92 Å². The minimum Gasteiger partial charge on any atom is -0.550 e. The van der Waals surface area contributed by atoms with Crippen molar-refractivity contribution in [3.63, 3.8) is 0 Å². The van der Waals surface area contributed by atoms with E-state index >= 15 is 0 Å². The topological polar surface area (TPSA) is 55.9 Å². The molecular formula is C14H16NO2-. The molecule has 1 atom stereocenters. The smallest absolute Gasteiger partial charge is 0.0456 e. The van der Waals surface area contributed by atoms with Crippen molar-refractivity contribution in [3.8, 4) is 0 Å². The number of hydrogen-bond acceptors (Lipinski definition) is 2. The molecule has 0 aliphatic carbocycles. The van der Waals surface area contributed by atoms with Gasteiger partial charge in [0.15, 0.2) is 0 Å². The minimum absolute atomic E-state index is 0.00356. The highest BCUT2D eigenvalue weighted by atomic mass is 16.4. The molecule has 3 nitrogen and oxygen atoms in total. The maximum absolute atomic E-state index is 10.8. The fourth-order valence-electron chi connectivity index (χ4n) is 2.29. The Bertz CT molecular complexity index is 528. The molecule has 0 aliphatic heterocycles. The molecule has 3 heteroatoms. The first-order valence-electron chi connectivity index (χ1n) is 5.85. The number of rotatable bonds is 4. The normalized spacial score (nSPS) is 13.1. The van der Waals surface area contributed by atoms with Crippen molar-refractivity contribution >= 4 is 16.9 Å². The van der Waals surface area contributed by atoms with Crippen molar-refractivity contribution in [2.75, 3.05) is 0 Å². The van der Waals surface area contributed by atoms with Gasteiger partial charge in [0, 0.05) is 23.1 Å². The Hall–Kier alpha value is -1.77. The zero-order chi connectivity index (χ0) is 12.4. The molecule has 0 aliphatic rings. The number of aromatic amines is 1. The lowest BCUT2D eigenvalue weighted by atomic mass is 9.85. The van der Waals surface area contributed by atoms with E-state index in [1.807, 2.05) is 44.3 Å². The van der Waals surface area contributed by atoms with Gasteiger partial charge in [-0.15, -0.1) is 0 Å². The molecule has 1 aromatic carbocycles. The summed E-state index contributed by atoms with van der Waals surface area (Å²) in [6.07, 6.45) is 1.98. The second-order valence-electron chi connectivity index (χ2n) is 4.72. The monoisotopic (exact) mass is 230 g/mol. The number of carbonyl (C=O) groups excluding carboxylic acids is 1. The number of carboxylic acids is 1. The summed E-state index contributed by atoms with van der Waals surface area (Å²) < 4.78 is 0. The average molecular weight is 230 g/mol. The molecule has 0 fully saturated rings. The molecule has 90 valence electrons. The van der Waals surface area contributed by atoms with Gasteiger partial charge in [-0.3, -0.25) is 0 Å². The number of carboxylic acid groups (broad SMARTS) is 1. The van der Waals surface area contributed by atoms with Crippen LogP contribution in [0.1, 0.15) is 31.7 Å². The number of para-hydroxylation sites is 1. The first-order valence-corrected chi connectivity index (χ1v) is 5.85. The number of fused-ring (bicyclic) bond motifs is 1. The number of aliphatic carboxylic acids is 1. The lowest BCUT2D eigenvalue weighted by molar-refractivity contribution is -0.306. The van der Waals surface area contributed by atoms with Gasteiger partial charge in [0.05, 0.1) is 0 Å². The highest BCUT2D eigenvalue weighted by Gasteiger charge is 2.19. The van der Waals surface area contributed by atoms with Crippen LogP contribution in [0.25, 0.3) is 10.9 Å². The van der Waals surface area contributed by atoms with Gasteiger partial charge in [-0.05, 0) is 29.9 Å². The molecule has 2 aromatic rings. The zero-order valence-electron chi connectivity index (χ0n) is 10.1. The highest BCUT2D eigenvalue weighted by Crippen LogP contribution is 2.32. The van der Waals surface area contributed by atoms with E-state index < -0.39 is 5.97 Å². The predicted octanol–water partition coefficient (Wildman–Crippen LogP) is 2.05. The average Bonchev–Trinajstić information content (AvgIpc) is 2.69. The van der Waals surface area contributed by atoms with Gasteiger partial charge in [-0.1, -0.05) is 32.0 Å². The van der Waals surface area contributed by atoms with Crippen LogP contribution in [0.4, 0.5) is 0 Å². The second-order valence-corrected chi connectivity index (χ2v) is 4.72. The van der Waals surface area contributed by atoms with Gasteiger partial charge < -0.3 is 14.9 Å². The maximum atomic E-state index is 10.8. The molecule has 0 spiro atoms. The molecule has 0 bridgehead atoms. The number of benzene rings is 1. The standard InChI is InChI=1S/C14H17NO2/c1-9(2)11(7-14(16)17)12-8-15-13-6-4-3-5-10(12)13/h3-6,8-9,11,15H,7H2,1-2H3,(H,16,17)/p-1/t11-/m0/s1. The summed E-state index contributed by atoms with van der Waals surface area (Å²) in [5, 5.41) is 11.9. The Balaban J connectivity index is 2.45. The van der Waals surface area contributed by atoms with Crippen LogP contribution in [0.2, 0.25) is 0 Å². The van der Waals surface area contributed by atoms with E-state index in [-0.39, 0.29) is 18.3 Å². The number of carbonyl (C=O) groups is 1. The van der Waals surface area contributed by atoms with E-state index in [9.17, 15) is 9.90 Å². The van der Waals surface area contributed by atoms with Crippen molar-refractivity contribution in [2.24, 2.45) is 5.92 Å². The lowest BCUT2D eigenvalue weighted by Gasteiger charge is -2.21. The summed E-state index contributed by atoms with van der Waals surface area (Å²) in [5.41, 5.74) is 2.12. The molecule has 1 heterocycles. The third-order valence-corrected chi connectivity index (χ3v) is 3.21. The molecule has 17 heavy (non-hydrogen) atoms. The fourth-order valence-corrected chi connectivity index (χ4v) is 2.29. The van der Waals surface area contributed by atoms with Crippen molar-refractivity contribution in [3.05, 3.63) is 36.0 Å². The van der Waals surface area contributed by atoms with Crippen LogP contribution in [0.3, 0.4) is 0 Å². The summed E-state index contributed by atoms with van der Waals surface area (Å²) in [6, 6.07) is 7.95. The van der Waals surface area contributed by atoms with E-state index in [0.717, 1.165) is 16.5 Å². The number of nitrogens with one attached hydrogen (secondary N) is 1. The van der Waals surface area contributed by atoms with Crippen LogP contribution in [-0.4, -0.2) is 11.0 Å². The quantitative estimate of drug-likeness (QED) is 0.873. The second kappa shape index (κ2) is 4.62. The zero-order valence-corrected chi connectivity index (χ0v) is 10.1. The van der Waals surface area contributed by atoms with Gasteiger partial charge in [0.2, 0.25) is 0 Å². The molecule has 0 saturated heterocycles. The third-order valence-electron chi connectivity index (χ3n) is 3.21. The predicted molar refractivity (Wildman–Crippen MR) is 65.5 cm³/mol. The number of aromatic nitrogens is 1.